The van der Waals surface area contributed by atoms with Crippen molar-refractivity contribution >= 4 is 23.1 Å². The molecule has 1 fully saturated rings. The van der Waals surface area contributed by atoms with Crippen LogP contribution in [0, 0.1) is 0 Å². The van der Waals surface area contributed by atoms with Crippen molar-refractivity contribution in [2.24, 2.45) is 0 Å². The van der Waals surface area contributed by atoms with E-state index < -0.39 is 0 Å². The summed E-state index contributed by atoms with van der Waals surface area (Å²) in [6.07, 6.45) is 4.99. The predicted molar refractivity (Wildman–Crippen MR) is 138 cm³/mol. The Hall–Kier alpha value is -3.74. The van der Waals surface area contributed by atoms with Gasteiger partial charge in [-0.2, -0.15) is 0 Å². The molecule has 34 heavy (non-hydrogen) atoms. The van der Waals surface area contributed by atoms with E-state index in [0.717, 1.165) is 56.8 Å². The van der Waals surface area contributed by atoms with Crippen LogP contribution in [0.1, 0.15) is 17.5 Å². The van der Waals surface area contributed by atoms with E-state index in [1.165, 1.54) is 22.5 Å². The van der Waals surface area contributed by atoms with Gasteiger partial charge in [-0.15, -0.1) is 0 Å². The fourth-order valence-corrected chi connectivity index (χ4v) is 4.92. The summed E-state index contributed by atoms with van der Waals surface area (Å²) in [5.74, 6) is 0. The van der Waals surface area contributed by atoms with Gasteiger partial charge in [0.05, 0.1) is 0 Å². The molecule has 4 heterocycles. The van der Waals surface area contributed by atoms with Crippen molar-refractivity contribution in [3.63, 3.8) is 0 Å². The maximum Gasteiger partial charge on any atom is 0.321 e. The summed E-state index contributed by atoms with van der Waals surface area (Å²) < 4.78 is 1.68. The number of rotatable bonds is 2. The zero-order chi connectivity index (χ0) is 23.7. The number of carbonyl (C=O) groups is 1. The molecular formula is C27H31N5O2. The molecule has 176 valence electrons. The van der Waals surface area contributed by atoms with E-state index in [1.54, 1.807) is 16.7 Å². The van der Waals surface area contributed by atoms with Crippen LogP contribution >= 0.6 is 0 Å². The van der Waals surface area contributed by atoms with Crippen molar-refractivity contribution in [3.8, 4) is 5.69 Å². The number of pyridine rings is 1. The van der Waals surface area contributed by atoms with Gasteiger partial charge in [0.15, 0.2) is 0 Å². The molecule has 1 saturated heterocycles. The molecule has 2 aromatic carbocycles. The minimum absolute atomic E-state index is 0.0128. The minimum atomic E-state index is 0.0128. The van der Waals surface area contributed by atoms with Crippen LogP contribution in [-0.4, -0.2) is 50.9 Å². The lowest BCUT2D eigenvalue weighted by Gasteiger charge is -2.28. The monoisotopic (exact) mass is 457 g/mol. The smallest absolute Gasteiger partial charge is 0.321 e. The predicted octanol–water partition coefficient (Wildman–Crippen LogP) is 3.43. The molecule has 7 heteroatoms. The molecule has 7 nitrogen and oxygen atoms in total. The number of benzene rings is 2. The highest BCUT2D eigenvalue weighted by atomic mass is 16.2. The molecule has 1 aromatic heterocycles. The molecule has 3 aromatic rings. The third-order valence-electron chi connectivity index (χ3n) is 6.88. The van der Waals surface area contributed by atoms with Crippen molar-refractivity contribution in [2.75, 3.05) is 55.0 Å². The summed E-state index contributed by atoms with van der Waals surface area (Å²) in [4.78, 5) is 29.8. The Kier molecular flexibility index (Phi) is 6.01. The number of aromatic nitrogens is 1. The topological polar surface area (TPSA) is 60.8 Å². The Bertz CT molecular complexity index is 1270. The first-order valence-corrected chi connectivity index (χ1v) is 11.9. The van der Waals surface area contributed by atoms with Gasteiger partial charge in [-0.1, -0.05) is 12.1 Å². The van der Waals surface area contributed by atoms with E-state index in [-0.39, 0.29) is 11.6 Å². The quantitative estimate of drug-likeness (QED) is 0.641. The van der Waals surface area contributed by atoms with E-state index >= 15 is 0 Å². The van der Waals surface area contributed by atoms with Gasteiger partial charge in [0, 0.05) is 75.3 Å². The van der Waals surface area contributed by atoms with Crippen molar-refractivity contribution in [1.29, 1.82) is 0 Å². The van der Waals surface area contributed by atoms with E-state index in [9.17, 15) is 9.59 Å². The lowest BCUT2D eigenvalue weighted by atomic mass is 10.1. The van der Waals surface area contributed by atoms with Crippen LogP contribution in [0.5, 0.6) is 0 Å². The summed E-state index contributed by atoms with van der Waals surface area (Å²) in [6, 6.07) is 17.8. The van der Waals surface area contributed by atoms with Crippen LogP contribution in [0.25, 0.3) is 5.69 Å². The molecule has 3 aliphatic rings. The highest BCUT2D eigenvalue weighted by Gasteiger charge is 2.22. The third kappa shape index (κ3) is 4.25. The summed E-state index contributed by atoms with van der Waals surface area (Å²) in [5.41, 5.74) is 7.21. The number of anilines is 3. The zero-order valence-electron chi connectivity index (χ0n) is 19.8. The number of hydrogen-bond acceptors (Lipinski definition) is 4. The second-order valence-electron chi connectivity index (χ2n) is 9.12. The molecule has 0 spiro atoms. The van der Waals surface area contributed by atoms with Gasteiger partial charge in [-0.3, -0.25) is 14.3 Å². The molecular weight excluding hydrogens is 426 g/mol. The molecule has 1 N–H and O–H groups in total. The Morgan fingerprint density at radius 2 is 1.53 bits per heavy atom. The number of carbonyl (C=O) groups excluding carboxylic acids is 1. The Morgan fingerprint density at radius 3 is 2.32 bits per heavy atom. The van der Waals surface area contributed by atoms with Gasteiger partial charge < -0.3 is 15.1 Å². The molecule has 6 rings (SSSR count). The van der Waals surface area contributed by atoms with Gasteiger partial charge in [-0.05, 0) is 66.8 Å². The lowest BCUT2D eigenvalue weighted by molar-refractivity contribution is 0.243. The van der Waals surface area contributed by atoms with Crippen molar-refractivity contribution in [3.05, 3.63) is 82.3 Å². The fourth-order valence-electron chi connectivity index (χ4n) is 4.92. The van der Waals surface area contributed by atoms with Crippen molar-refractivity contribution < 1.29 is 4.79 Å². The molecule has 0 atom stereocenters. The maximum absolute atomic E-state index is 11.8. The number of urea groups is 1. The van der Waals surface area contributed by atoms with Crippen LogP contribution in [-0.2, 0) is 12.8 Å². The molecule has 0 aliphatic carbocycles. The van der Waals surface area contributed by atoms with Gasteiger partial charge in [-0.25, -0.2) is 4.79 Å². The molecule has 0 saturated carbocycles. The molecule has 2 amide bonds. The molecule has 3 aliphatic heterocycles. The van der Waals surface area contributed by atoms with Crippen molar-refractivity contribution in [1.82, 2.24) is 9.88 Å². The van der Waals surface area contributed by atoms with Crippen LogP contribution in [0.15, 0.2) is 65.6 Å². The Morgan fingerprint density at radius 1 is 0.765 bits per heavy atom. The number of likely N-dealkylation sites (N-methyl/N-ethyl adjacent to an activating group) is 2. The number of hydrogen-bond donors (Lipinski definition) is 1. The minimum Gasteiger partial charge on any atom is -0.374 e. The molecule has 0 radical (unpaired) electrons. The van der Waals surface area contributed by atoms with E-state index in [1.807, 2.05) is 23.2 Å². The average molecular weight is 458 g/mol. The average Bonchev–Trinajstić information content (AvgIpc) is 3.42. The summed E-state index contributed by atoms with van der Waals surface area (Å²) >= 11 is 0. The maximum atomic E-state index is 11.8. The van der Waals surface area contributed by atoms with Gasteiger partial charge >= 0.3 is 6.03 Å². The fraction of sp³-hybridized carbons (Fsp3) is 0.333. The zero-order valence-corrected chi connectivity index (χ0v) is 19.8. The summed E-state index contributed by atoms with van der Waals surface area (Å²) in [6.45, 7) is 3.74. The summed E-state index contributed by atoms with van der Waals surface area (Å²) in [5, 5.41) is 2.88. The van der Waals surface area contributed by atoms with Crippen LogP contribution in [0.4, 0.5) is 21.9 Å². The molecule has 0 unspecified atom stereocenters. The lowest BCUT2D eigenvalue weighted by Crippen LogP contribution is -2.46. The normalized spacial score (nSPS) is 16.5. The van der Waals surface area contributed by atoms with Crippen molar-refractivity contribution in [2.45, 2.75) is 19.3 Å². The van der Waals surface area contributed by atoms with Gasteiger partial charge in [0.1, 0.15) is 0 Å². The van der Waals surface area contributed by atoms with Gasteiger partial charge in [0.25, 0.3) is 5.56 Å². The highest BCUT2D eigenvalue weighted by Crippen LogP contribution is 2.31. The van der Waals surface area contributed by atoms with Gasteiger partial charge in [0.2, 0.25) is 0 Å². The number of nitrogens with one attached hydrogen (secondary N) is 1. The van der Waals surface area contributed by atoms with E-state index in [0.29, 0.717) is 0 Å². The third-order valence-corrected chi connectivity index (χ3v) is 6.88. The Labute approximate surface area is 200 Å². The number of nitrogens with zero attached hydrogens (tertiary/aromatic N) is 4. The Balaban J connectivity index is 0.000000142. The molecule has 0 bridgehead atoms. The number of amides is 2. The van der Waals surface area contributed by atoms with Crippen LogP contribution in [0.2, 0.25) is 0 Å². The second kappa shape index (κ2) is 9.25. The highest BCUT2D eigenvalue weighted by molar-refractivity contribution is 5.93. The summed E-state index contributed by atoms with van der Waals surface area (Å²) in [7, 11) is 4.20. The van der Waals surface area contributed by atoms with E-state index in [4.69, 9.17) is 0 Å². The number of fused-ring (bicyclic) bond motifs is 2. The first-order valence-electron chi connectivity index (χ1n) is 11.9. The van der Waals surface area contributed by atoms with E-state index in [2.05, 4.69) is 59.5 Å². The largest absolute Gasteiger partial charge is 0.374 e. The first-order chi connectivity index (χ1) is 16.5. The van der Waals surface area contributed by atoms with Crippen LogP contribution in [0.3, 0.4) is 0 Å². The second-order valence-corrected chi connectivity index (χ2v) is 9.12. The first kappa shape index (κ1) is 22.1. The SMILES string of the molecule is CN1CCc2cc(-n3ccccc3=O)ccc21.CN1CCc2ccc(N3CCCNC3=O)cc21. The van der Waals surface area contributed by atoms with Crippen LogP contribution < -0.4 is 25.6 Å². The standard InChI is InChI=1S/C14H14N2O.C13H17N3O/c1-15-9-7-11-10-12(5-6-13(11)15)16-8-3-2-4-14(16)17;1-15-8-5-10-3-4-11(9-12(10)15)16-7-2-6-14-13(16)17/h2-6,8,10H,7,9H2,1H3;3-4,9H,2,5-8H2,1H3,(H,14,17).